The molecule has 1 rings (SSSR count). The van der Waals surface area contributed by atoms with Gasteiger partial charge >= 0.3 is 0 Å². The monoisotopic (exact) mass is 228 g/mol. The van der Waals surface area contributed by atoms with Crippen molar-refractivity contribution in [2.24, 2.45) is 0 Å². The van der Waals surface area contributed by atoms with Gasteiger partial charge in [0.05, 0.1) is 5.71 Å². The number of aromatic amines is 1. The molecule has 0 aromatic carbocycles. The van der Waals surface area contributed by atoms with Gasteiger partial charge in [-0.15, -0.1) is 0 Å². The zero-order valence-electron chi connectivity index (χ0n) is 8.65. The highest BCUT2D eigenvalue weighted by molar-refractivity contribution is 6.28. The summed E-state index contributed by atoms with van der Waals surface area (Å²) in [6.07, 6.45) is 1.40. The molecule has 0 amide bonds. The summed E-state index contributed by atoms with van der Waals surface area (Å²) in [7, 11) is 1.61. The first-order valence-electron chi connectivity index (χ1n) is 4.65. The molecule has 1 heterocycles. The highest BCUT2D eigenvalue weighted by Gasteiger charge is 2.13. The molecule has 6 heteroatoms. The van der Waals surface area contributed by atoms with Gasteiger partial charge in [-0.1, -0.05) is 13.3 Å². The topological polar surface area (TPSA) is 81.6 Å². The van der Waals surface area contributed by atoms with Crippen LogP contribution in [-0.2, 0) is 0 Å². The van der Waals surface area contributed by atoms with Crippen LogP contribution in [0.2, 0.25) is 5.28 Å². The molecule has 0 atom stereocenters. The average Bonchev–Trinajstić information content (AvgIpc) is 2.17. The second kappa shape index (κ2) is 4.93. The maximum atomic E-state index is 11.5. The predicted octanol–water partition coefficient (Wildman–Crippen LogP) is 1.63. The van der Waals surface area contributed by atoms with Crippen LogP contribution in [0, 0.1) is 5.41 Å². The molecule has 0 aliphatic heterocycles. The van der Waals surface area contributed by atoms with Crippen molar-refractivity contribution < 1.29 is 0 Å². The van der Waals surface area contributed by atoms with E-state index in [0.29, 0.717) is 17.8 Å². The zero-order valence-corrected chi connectivity index (χ0v) is 9.40. The molecule has 1 aromatic rings. The molecule has 5 nitrogen and oxygen atoms in total. The Morgan fingerprint density at radius 3 is 2.87 bits per heavy atom. The lowest BCUT2D eigenvalue weighted by atomic mass is 10.1. The highest BCUT2D eigenvalue weighted by atomic mass is 35.5. The fraction of sp³-hybridized carbons (Fsp3) is 0.444. The third-order valence-electron chi connectivity index (χ3n) is 1.93. The van der Waals surface area contributed by atoms with E-state index in [-0.39, 0.29) is 16.5 Å². The summed E-state index contributed by atoms with van der Waals surface area (Å²) in [5.74, 6) is 0. The van der Waals surface area contributed by atoms with E-state index < -0.39 is 0 Å². The number of H-pyrrole nitrogens is 1. The van der Waals surface area contributed by atoms with Crippen LogP contribution in [0.3, 0.4) is 0 Å². The van der Waals surface area contributed by atoms with Crippen molar-refractivity contribution in [3.05, 3.63) is 21.3 Å². The summed E-state index contributed by atoms with van der Waals surface area (Å²) in [5.41, 5.74) is 0.578. The predicted molar refractivity (Wildman–Crippen MR) is 61.2 cm³/mol. The van der Waals surface area contributed by atoms with Gasteiger partial charge in [-0.2, -0.15) is 0 Å². The summed E-state index contributed by atoms with van der Waals surface area (Å²) in [5, 5.41) is 10.5. The Kier molecular flexibility index (Phi) is 3.85. The number of hydrogen-bond donors (Lipinski definition) is 3. The van der Waals surface area contributed by atoms with Gasteiger partial charge in [0, 0.05) is 7.05 Å². The van der Waals surface area contributed by atoms with Crippen LogP contribution in [0.4, 0.5) is 5.69 Å². The molecule has 82 valence electrons. The van der Waals surface area contributed by atoms with E-state index in [0.717, 1.165) is 6.42 Å². The summed E-state index contributed by atoms with van der Waals surface area (Å²) < 4.78 is 0. The standard InChI is InChI=1S/C9H13ClN4O/c1-3-4-5(11)6-7(12-2)8(15)14-9(10)13-6/h11-12H,3-4H2,1-2H3,(H,13,14,15). The highest BCUT2D eigenvalue weighted by Crippen LogP contribution is 2.12. The molecule has 0 fully saturated rings. The van der Waals surface area contributed by atoms with E-state index in [2.05, 4.69) is 15.3 Å². The Bertz CT molecular complexity index is 427. The van der Waals surface area contributed by atoms with Crippen LogP contribution >= 0.6 is 11.6 Å². The van der Waals surface area contributed by atoms with Crippen LogP contribution < -0.4 is 10.9 Å². The van der Waals surface area contributed by atoms with E-state index in [1.165, 1.54) is 0 Å². The fourth-order valence-electron chi connectivity index (χ4n) is 1.26. The van der Waals surface area contributed by atoms with Crippen molar-refractivity contribution in [1.82, 2.24) is 9.97 Å². The summed E-state index contributed by atoms with van der Waals surface area (Å²) >= 11 is 5.63. The molecule has 0 spiro atoms. The van der Waals surface area contributed by atoms with Crippen molar-refractivity contribution in [3.63, 3.8) is 0 Å². The van der Waals surface area contributed by atoms with Gasteiger partial charge in [0.25, 0.3) is 5.56 Å². The molecular formula is C9H13ClN4O. The van der Waals surface area contributed by atoms with Gasteiger partial charge in [0.15, 0.2) is 0 Å². The lowest BCUT2D eigenvalue weighted by molar-refractivity contribution is 0.974. The quantitative estimate of drug-likeness (QED) is 0.541. The third kappa shape index (κ3) is 2.56. The molecule has 1 aromatic heterocycles. The van der Waals surface area contributed by atoms with Gasteiger partial charge in [-0.05, 0) is 18.0 Å². The first kappa shape index (κ1) is 11.7. The minimum absolute atomic E-state index is 0.00912. The van der Waals surface area contributed by atoms with Crippen molar-refractivity contribution in [2.75, 3.05) is 12.4 Å². The van der Waals surface area contributed by atoms with Gasteiger partial charge in [-0.3, -0.25) is 9.78 Å². The Labute approximate surface area is 92.4 Å². The Balaban J connectivity index is 3.26. The van der Waals surface area contributed by atoms with Crippen LogP contribution in [0.15, 0.2) is 4.79 Å². The molecule has 0 aliphatic carbocycles. The molecular weight excluding hydrogens is 216 g/mol. The third-order valence-corrected chi connectivity index (χ3v) is 2.11. The molecule has 3 N–H and O–H groups in total. The normalized spacial score (nSPS) is 10.1. The lowest BCUT2D eigenvalue weighted by Crippen LogP contribution is -2.19. The molecule has 0 saturated heterocycles. The van der Waals surface area contributed by atoms with Crippen molar-refractivity contribution >= 4 is 23.0 Å². The number of anilines is 1. The number of nitrogens with zero attached hydrogens (tertiary/aromatic N) is 1. The lowest BCUT2D eigenvalue weighted by Gasteiger charge is -2.07. The second-order valence-corrected chi connectivity index (χ2v) is 3.42. The Hall–Kier alpha value is -1.36. The number of nitrogens with one attached hydrogen (secondary N) is 3. The largest absolute Gasteiger partial charge is 0.382 e. The van der Waals surface area contributed by atoms with Crippen LogP contribution in [0.25, 0.3) is 0 Å². The molecule has 0 aliphatic rings. The minimum atomic E-state index is -0.353. The summed E-state index contributed by atoms with van der Waals surface area (Å²) in [6, 6.07) is 0. The number of halogens is 1. The molecule has 0 unspecified atom stereocenters. The van der Waals surface area contributed by atoms with Crippen molar-refractivity contribution in [1.29, 1.82) is 5.41 Å². The molecule has 0 saturated carbocycles. The maximum Gasteiger partial charge on any atom is 0.275 e. The summed E-state index contributed by atoms with van der Waals surface area (Å²) in [4.78, 5) is 17.8. The first-order valence-corrected chi connectivity index (χ1v) is 5.03. The van der Waals surface area contributed by atoms with Crippen LogP contribution in [0.5, 0.6) is 0 Å². The average molecular weight is 229 g/mol. The number of hydrogen-bond acceptors (Lipinski definition) is 4. The smallest absolute Gasteiger partial charge is 0.275 e. The van der Waals surface area contributed by atoms with E-state index in [1.54, 1.807) is 7.05 Å². The van der Waals surface area contributed by atoms with Crippen molar-refractivity contribution in [3.8, 4) is 0 Å². The van der Waals surface area contributed by atoms with E-state index in [4.69, 9.17) is 17.0 Å². The SMILES string of the molecule is CCCC(=N)c1nc(Cl)[nH]c(=O)c1NC. The maximum absolute atomic E-state index is 11.5. The van der Waals surface area contributed by atoms with Crippen molar-refractivity contribution in [2.45, 2.75) is 19.8 Å². The van der Waals surface area contributed by atoms with Crippen LogP contribution in [-0.4, -0.2) is 22.7 Å². The fourth-order valence-corrected chi connectivity index (χ4v) is 1.43. The second-order valence-electron chi connectivity index (χ2n) is 3.06. The minimum Gasteiger partial charge on any atom is -0.382 e. The number of rotatable bonds is 4. The van der Waals surface area contributed by atoms with Gasteiger partial charge in [0.1, 0.15) is 11.4 Å². The number of aromatic nitrogens is 2. The summed E-state index contributed by atoms with van der Waals surface area (Å²) in [6.45, 7) is 1.96. The van der Waals surface area contributed by atoms with E-state index >= 15 is 0 Å². The van der Waals surface area contributed by atoms with Gasteiger partial charge in [0.2, 0.25) is 5.28 Å². The van der Waals surface area contributed by atoms with E-state index in [9.17, 15) is 4.79 Å². The van der Waals surface area contributed by atoms with Gasteiger partial charge < -0.3 is 10.7 Å². The van der Waals surface area contributed by atoms with E-state index in [1.807, 2.05) is 6.92 Å². The zero-order chi connectivity index (χ0) is 11.4. The Morgan fingerprint density at radius 2 is 2.33 bits per heavy atom. The molecule has 0 bridgehead atoms. The first-order chi connectivity index (χ1) is 7.10. The van der Waals surface area contributed by atoms with Crippen LogP contribution in [0.1, 0.15) is 25.5 Å². The molecule has 0 radical (unpaired) electrons. The Morgan fingerprint density at radius 1 is 1.67 bits per heavy atom. The van der Waals surface area contributed by atoms with Gasteiger partial charge in [-0.25, -0.2) is 4.98 Å². The molecule has 15 heavy (non-hydrogen) atoms.